The van der Waals surface area contributed by atoms with Crippen molar-refractivity contribution >= 4 is 5.69 Å². The van der Waals surface area contributed by atoms with Gasteiger partial charge in [0.05, 0.1) is 0 Å². The summed E-state index contributed by atoms with van der Waals surface area (Å²) in [6, 6.07) is 29.6. The molecule has 0 bridgehead atoms. The highest BCUT2D eigenvalue weighted by atomic mass is 16.5. The van der Waals surface area contributed by atoms with Gasteiger partial charge in [0.1, 0.15) is 6.10 Å². The van der Waals surface area contributed by atoms with Gasteiger partial charge in [-0.2, -0.15) is 0 Å². The van der Waals surface area contributed by atoms with Crippen LogP contribution < -0.4 is 5.32 Å². The van der Waals surface area contributed by atoms with E-state index in [9.17, 15) is 0 Å². The highest BCUT2D eigenvalue weighted by molar-refractivity contribution is 5.48. The Kier molecular flexibility index (Phi) is 50.0. The minimum atomic E-state index is 0.0531. The Hall–Kier alpha value is -2.92. The van der Waals surface area contributed by atoms with Crippen molar-refractivity contribution in [2.75, 3.05) is 38.4 Å². The zero-order chi connectivity index (χ0) is 46.0. The van der Waals surface area contributed by atoms with E-state index >= 15 is 0 Å². The molecule has 3 aromatic rings. The molecule has 3 rings (SSSR count). The lowest BCUT2D eigenvalue weighted by atomic mass is 10.0. The van der Waals surface area contributed by atoms with Crippen LogP contribution in [0.1, 0.15) is 226 Å². The van der Waals surface area contributed by atoms with Gasteiger partial charge in [0.25, 0.3) is 0 Å². The summed E-state index contributed by atoms with van der Waals surface area (Å²) in [6.45, 7) is 28.3. The Balaban J connectivity index is 0. The zero-order valence-corrected chi connectivity index (χ0v) is 42.4. The first-order chi connectivity index (χ1) is 30.4. The van der Waals surface area contributed by atoms with Crippen LogP contribution in [0.4, 0.5) is 5.69 Å². The summed E-state index contributed by atoms with van der Waals surface area (Å²) in [5, 5.41) is 3.46. The molecule has 0 atom stereocenters. The number of benzene rings is 3. The van der Waals surface area contributed by atoms with Crippen molar-refractivity contribution in [3.8, 4) is 0 Å². The van der Waals surface area contributed by atoms with Gasteiger partial charge in [-0.25, -0.2) is 0 Å². The second-order valence-corrected chi connectivity index (χ2v) is 16.5. The van der Waals surface area contributed by atoms with Crippen molar-refractivity contribution < 1.29 is 14.2 Å². The van der Waals surface area contributed by atoms with Crippen LogP contribution in [0.2, 0.25) is 0 Å². The molecule has 0 aliphatic heterocycles. The van der Waals surface area contributed by atoms with E-state index in [1.165, 1.54) is 132 Å². The largest absolute Gasteiger partial charge is 0.381 e. The number of anilines is 1. The first-order valence-electron chi connectivity index (χ1n) is 25.8. The number of unbranched alkanes of at least 4 members (excludes halogenated alkanes) is 13. The van der Waals surface area contributed by atoms with Crippen molar-refractivity contribution in [1.29, 1.82) is 0 Å². The van der Waals surface area contributed by atoms with Gasteiger partial charge in [0, 0.05) is 44.4 Å². The summed E-state index contributed by atoms with van der Waals surface area (Å²) in [5.74, 6) is 0. The maximum atomic E-state index is 5.96. The molecule has 0 aliphatic rings. The smallest absolute Gasteiger partial charge is 0.108 e. The molecule has 0 saturated carbocycles. The van der Waals surface area contributed by atoms with Crippen LogP contribution >= 0.6 is 0 Å². The van der Waals surface area contributed by atoms with Gasteiger partial charge in [0.2, 0.25) is 0 Å². The fraction of sp³-hybridized carbons (Fsp3) is 0.655. The van der Waals surface area contributed by atoms with Crippen molar-refractivity contribution in [2.45, 2.75) is 216 Å². The Morgan fingerprint density at radius 1 is 0.419 bits per heavy atom. The van der Waals surface area contributed by atoms with E-state index in [1.807, 2.05) is 12.1 Å². The molecule has 0 saturated heterocycles. The number of hydrogen-bond acceptors (Lipinski definition) is 4. The van der Waals surface area contributed by atoms with E-state index in [0.29, 0.717) is 0 Å². The molecule has 4 heteroatoms. The molecule has 0 heterocycles. The second kappa shape index (κ2) is 50.7. The zero-order valence-electron chi connectivity index (χ0n) is 42.4. The van der Waals surface area contributed by atoms with Gasteiger partial charge < -0.3 is 19.5 Å². The maximum absolute atomic E-state index is 5.96. The number of rotatable bonds is 32. The van der Waals surface area contributed by atoms with Gasteiger partial charge in [-0.15, -0.1) is 0 Å². The number of nitrogens with one attached hydrogen (secondary N) is 1. The summed E-state index contributed by atoms with van der Waals surface area (Å²) in [4.78, 5) is 0. The molecular weight excluding hydrogens is 759 g/mol. The molecule has 356 valence electrons. The summed E-state index contributed by atoms with van der Waals surface area (Å²) in [6.07, 6.45) is 29.9. The summed E-state index contributed by atoms with van der Waals surface area (Å²) >= 11 is 0. The predicted octanol–water partition coefficient (Wildman–Crippen LogP) is 18.7. The van der Waals surface area contributed by atoms with Crippen molar-refractivity contribution in [3.05, 3.63) is 114 Å². The number of ether oxygens (including phenoxy) is 3. The summed E-state index contributed by atoms with van der Waals surface area (Å²) in [7, 11) is 0. The Morgan fingerprint density at radius 3 is 1.18 bits per heavy atom. The predicted molar refractivity (Wildman–Crippen MR) is 278 cm³/mol. The first-order valence-corrected chi connectivity index (χ1v) is 25.8. The maximum Gasteiger partial charge on any atom is 0.108 e. The molecular formula is C58H101NO3. The number of hydrogen-bond donors (Lipinski definition) is 1. The average molecular weight is 860 g/mol. The summed E-state index contributed by atoms with van der Waals surface area (Å²) < 4.78 is 16.2. The van der Waals surface area contributed by atoms with E-state index < -0.39 is 0 Å². The van der Waals surface area contributed by atoms with Gasteiger partial charge in [0.15, 0.2) is 0 Å². The SMILES string of the molecule is C=C(CCCCCCCCCCC)Nc1ccc(CCCC)cc1.CCCCCCC.CCCOC(c1ccccc1)c1ccccc1.CCCOCCC.CCCOCCC. The highest BCUT2D eigenvalue weighted by Gasteiger charge is 2.13. The van der Waals surface area contributed by atoms with E-state index in [0.717, 1.165) is 77.3 Å². The fourth-order valence-electron chi connectivity index (χ4n) is 6.39. The Labute approximate surface area is 386 Å². The van der Waals surface area contributed by atoms with Crippen molar-refractivity contribution in [3.63, 3.8) is 0 Å². The molecule has 62 heavy (non-hydrogen) atoms. The third kappa shape index (κ3) is 41.1. The van der Waals surface area contributed by atoms with E-state index in [-0.39, 0.29) is 6.10 Å². The van der Waals surface area contributed by atoms with E-state index in [1.54, 1.807) is 0 Å². The molecule has 0 radical (unpaired) electrons. The molecule has 0 unspecified atom stereocenters. The van der Waals surface area contributed by atoms with Crippen molar-refractivity contribution in [1.82, 2.24) is 0 Å². The average Bonchev–Trinajstić information content (AvgIpc) is 3.30. The second-order valence-electron chi connectivity index (χ2n) is 16.5. The van der Waals surface area contributed by atoms with Crippen LogP contribution in [0.5, 0.6) is 0 Å². The van der Waals surface area contributed by atoms with Crippen LogP contribution in [0.15, 0.2) is 97.2 Å². The Bertz CT molecular complexity index is 1190. The molecule has 0 amide bonds. The third-order valence-corrected chi connectivity index (χ3v) is 9.97. The molecule has 3 aromatic carbocycles. The topological polar surface area (TPSA) is 39.7 Å². The highest BCUT2D eigenvalue weighted by Crippen LogP contribution is 2.26. The lowest BCUT2D eigenvalue weighted by Crippen LogP contribution is -2.06. The Morgan fingerprint density at radius 2 is 0.790 bits per heavy atom. The molecule has 0 spiro atoms. The molecule has 4 nitrogen and oxygen atoms in total. The number of aryl methyl sites for hydroxylation is 1. The molecule has 1 N–H and O–H groups in total. The third-order valence-electron chi connectivity index (χ3n) is 9.97. The normalized spacial score (nSPS) is 10.3. The summed E-state index contributed by atoms with van der Waals surface area (Å²) in [5.41, 5.74) is 6.20. The van der Waals surface area contributed by atoms with Crippen LogP contribution in [0.3, 0.4) is 0 Å². The van der Waals surface area contributed by atoms with Crippen LogP contribution in [0, 0.1) is 0 Å². The molecule has 0 aliphatic carbocycles. The van der Waals surface area contributed by atoms with Crippen molar-refractivity contribution in [2.24, 2.45) is 0 Å². The van der Waals surface area contributed by atoms with Gasteiger partial charge in [-0.1, -0.05) is 232 Å². The standard InChI is InChI=1S/C23H39N.C16H18O.C7H16.2C6H14O/c1-4-6-8-9-10-11-12-13-14-15-21(3)24-23-19-17-22(18-20-23)16-7-5-2;1-2-13-17-16(14-9-5-3-6-10-14)15-11-7-4-8-12-15;3*1-3-5-7-6-4-2/h17-20,24H,3-16H2,1-2H3;3-12,16H,2,13H2,1H3;3-7H2,1-2H3;2*3-6H2,1-2H3. The fourth-order valence-corrected chi connectivity index (χ4v) is 6.39. The van der Waals surface area contributed by atoms with Gasteiger partial charge >= 0.3 is 0 Å². The molecule has 0 fully saturated rings. The van der Waals surface area contributed by atoms with Gasteiger partial charge in [-0.3, -0.25) is 0 Å². The van der Waals surface area contributed by atoms with Gasteiger partial charge in [-0.05, 0) is 86.6 Å². The van der Waals surface area contributed by atoms with E-state index in [2.05, 4.69) is 147 Å². The van der Waals surface area contributed by atoms with Crippen LogP contribution in [-0.4, -0.2) is 33.0 Å². The quantitative estimate of drug-likeness (QED) is 0.0635. The minimum absolute atomic E-state index is 0.0531. The molecule has 0 aromatic heterocycles. The lowest BCUT2D eigenvalue weighted by molar-refractivity contribution is 0.0806. The minimum Gasteiger partial charge on any atom is -0.381 e. The van der Waals surface area contributed by atoms with Crippen LogP contribution in [-0.2, 0) is 20.6 Å². The lowest BCUT2D eigenvalue weighted by Gasteiger charge is -2.18. The number of allylic oxidation sites excluding steroid dienone is 1. The van der Waals surface area contributed by atoms with E-state index in [4.69, 9.17) is 14.2 Å². The first kappa shape index (κ1) is 61.2. The monoisotopic (exact) mass is 860 g/mol. The van der Waals surface area contributed by atoms with Crippen LogP contribution in [0.25, 0.3) is 0 Å².